The van der Waals surface area contributed by atoms with Crippen molar-refractivity contribution in [1.82, 2.24) is 5.32 Å². The van der Waals surface area contributed by atoms with E-state index in [1.807, 2.05) is 43.4 Å². The Labute approximate surface area is 113 Å². The average Bonchev–Trinajstić information content (AvgIpc) is 2.39. The molecular formula is C15H16ClNO. The van der Waals surface area contributed by atoms with Crippen LogP contribution in [0.4, 0.5) is 0 Å². The van der Waals surface area contributed by atoms with Gasteiger partial charge in [0.15, 0.2) is 0 Å². The van der Waals surface area contributed by atoms with E-state index in [4.69, 9.17) is 16.3 Å². The van der Waals surface area contributed by atoms with Crippen molar-refractivity contribution in [2.75, 3.05) is 14.2 Å². The van der Waals surface area contributed by atoms with Crippen LogP contribution < -0.4 is 10.1 Å². The molecule has 3 heteroatoms. The molecule has 18 heavy (non-hydrogen) atoms. The second-order valence-electron chi connectivity index (χ2n) is 4.06. The van der Waals surface area contributed by atoms with E-state index in [1.54, 1.807) is 7.11 Å². The third-order valence-corrected chi connectivity index (χ3v) is 3.05. The van der Waals surface area contributed by atoms with E-state index >= 15 is 0 Å². The van der Waals surface area contributed by atoms with Gasteiger partial charge in [-0.1, -0.05) is 29.8 Å². The highest BCUT2D eigenvalue weighted by Gasteiger charge is 2.06. The number of hydrogen-bond acceptors (Lipinski definition) is 2. The highest BCUT2D eigenvalue weighted by atomic mass is 35.5. The SMILES string of the molecule is CNCc1cc(Cl)ccc1-c1cccc(OC)c1. The summed E-state index contributed by atoms with van der Waals surface area (Å²) in [6.45, 7) is 0.785. The summed E-state index contributed by atoms with van der Waals surface area (Å²) in [6.07, 6.45) is 0. The van der Waals surface area contributed by atoms with Crippen LogP contribution in [0.5, 0.6) is 5.75 Å². The first-order valence-electron chi connectivity index (χ1n) is 5.82. The second kappa shape index (κ2) is 5.89. The van der Waals surface area contributed by atoms with E-state index in [9.17, 15) is 0 Å². The molecule has 0 aromatic heterocycles. The van der Waals surface area contributed by atoms with Crippen molar-refractivity contribution >= 4 is 11.6 Å². The number of methoxy groups -OCH3 is 1. The average molecular weight is 262 g/mol. The summed E-state index contributed by atoms with van der Waals surface area (Å²) in [5.41, 5.74) is 3.49. The molecule has 94 valence electrons. The quantitative estimate of drug-likeness (QED) is 0.905. The number of rotatable bonds is 4. The highest BCUT2D eigenvalue weighted by Crippen LogP contribution is 2.28. The summed E-state index contributed by atoms with van der Waals surface area (Å²) < 4.78 is 5.26. The fourth-order valence-corrected chi connectivity index (χ4v) is 2.17. The van der Waals surface area contributed by atoms with E-state index in [0.717, 1.165) is 22.9 Å². The van der Waals surface area contributed by atoms with Gasteiger partial charge < -0.3 is 10.1 Å². The van der Waals surface area contributed by atoms with Crippen molar-refractivity contribution in [3.63, 3.8) is 0 Å². The minimum atomic E-state index is 0.756. The first-order valence-corrected chi connectivity index (χ1v) is 6.20. The van der Waals surface area contributed by atoms with Gasteiger partial charge in [-0.25, -0.2) is 0 Å². The van der Waals surface area contributed by atoms with Crippen LogP contribution >= 0.6 is 11.6 Å². The van der Waals surface area contributed by atoms with Crippen molar-refractivity contribution in [3.8, 4) is 16.9 Å². The predicted octanol–water partition coefficient (Wildman–Crippen LogP) is 3.74. The summed E-state index contributed by atoms with van der Waals surface area (Å²) in [5, 5.41) is 3.92. The second-order valence-corrected chi connectivity index (χ2v) is 4.50. The Hall–Kier alpha value is -1.51. The number of nitrogens with one attached hydrogen (secondary N) is 1. The number of ether oxygens (including phenoxy) is 1. The molecule has 0 spiro atoms. The summed E-state index contributed by atoms with van der Waals surface area (Å²) in [7, 11) is 3.60. The maximum Gasteiger partial charge on any atom is 0.119 e. The van der Waals surface area contributed by atoms with Crippen molar-refractivity contribution in [1.29, 1.82) is 0 Å². The minimum absolute atomic E-state index is 0.756. The Balaban J connectivity index is 2.48. The van der Waals surface area contributed by atoms with E-state index in [-0.39, 0.29) is 0 Å². The smallest absolute Gasteiger partial charge is 0.119 e. The molecule has 2 aromatic rings. The van der Waals surface area contributed by atoms with Crippen molar-refractivity contribution in [3.05, 3.63) is 53.1 Å². The van der Waals surface area contributed by atoms with E-state index in [0.29, 0.717) is 0 Å². The number of benzene rings is 2. The van der Waals surface area contributed by atoms with Crippen molar-refractivity contribution in [2.45, 2.75) is 6.54 Å². The molecule has 0 heterocycles. The Morgan fingerprint density at radius 2 is 2.00 bits per heavy atom. The van der Waals surface area contributed by atoms with Gasteiger partial charge in [-0.05, 0) is 48.0 Å². The molecule has 0 saturated carbocycles. The molecule has 0 unspecified atom stereocenters. The predicted molar refractivity (Wildman–Crippen MR) is 76.2 cm³/mol. The lowest BCUT2D eigenvalue weighted by molar-refractivity contribution is 0.415. The number of halogens is 1. The van der Waals surface area contributed by atoms with Crippen LogP contribution in [-0.2, 0) is 6.54 Å². The molecule has 0 radical (unpaired) electrons. The van der Waals surface area contributed by atoms with Crippen LogP contribution in [0.1, 0.15) is 5.56 Å². The van der Waals surface area contributed by atoms with E-state index in [1.165, 1.54) is 11.1 Å². The van der Waals surface area contributed by atoms with Crippen LogP contribution in [0.2, 0.25) is 5.02 Å². The van der Waals surface area contributed by atoms with E-state index in [2.05, 4.69) is 11.4 Å². The third kappa shape index (κ3) is 2.84. The zero-order chi connectivity index (χ0) is 13.0. The summed E-state index contributed by atoms with van der Waals surface area (Å²) in [5.74, 6) is 0.859. The summed E-state index contributed by atoms with van der Waals surface area (Å²) in [6, 6.07) is 14.0. The maximum atomic E-state index is 6.05. The molecule has 2 nitrogen and oxygen atoms in total. The minimum Gasteiger partial charge on any atom is -0.497 e. The van der Waals surface area contributed by atoms with Crippen molar-refractivity contribution < 1.29 is 4.74 Å². The standard InChI is InChI=1S/C15H16ClNO/c1-17-10-12-8-13(16)6-7-15(12)11-4-3-5-14(9-11)18-2/h3-9,17H,10H2,1-2H3. The van der Waals surface area contributed by atoms with Gasteiger partial charge in [0.05, 0.1) is 7.11 Å². The lowest BCUT2D eigenvalue weighted by Gasteiger charge is -2.11. The maximum absolute atomic E-state index is 6.05. The van der Waals surface area contributed by atoms with Crippen molar-refractivity contribution in [2.24, 2.45) is 0 Å². The van der Waals surface area contributed by atoms with Gasteiger partial charge in [0.2, 0.25) is 0 Å². The molecule has 2 aromatic carbocycles. The normalized spacial score (nSPS) is 10.4. The van der Waals surface area contributed by atoms with Gasteiger partial charge >= 0.3 is 0 Å². The fraction of sp³-hybridized carbons (Fsp3) is 0.200. The Morgan fingerprint density at radius 1 is 1.17 bits per heavy atom. The first kappa shape index (κ1) is 12.9. The van der Waals surface area contributed by atoms with Gasteiger partial charge in [-0.3, -0.25) is 0 Å². The molecule has 0 atom stereocenters. The molecular weight excluding hydrogens is 246 g/mol. The monoisotopic (exact) mass is 261 g/mol. The molecule has 2 rings (SSSR count). The molecule has 0 aliphatic rings. The van der Waals surface area contributed by atoms with Gasteiger partial charge in [-0.15, -0.1) is 0 Å². The van der Waals surface area contributed by atoms with Gasteiger partial charge in [0.25, 0.3) is 0 Å². The molecule has 1 N–H and O–H groups in total. The van der Waals surface area contributed by atoms with Crippen LogP contribution in [-0.4, -0.2) is 14.2 Å². The summed E-state index contributed by atoms with van der Waals surface area (Å²) in [4.78, 5) is 0. The third-order valence-electron chi connectivity index (χ3n) is 2.82. The first-order chi connectivity index (χ1) is 8.74. The van der Waals surface area contributed by atoms with Gasteiger partial charge in [0.1, 0.15) is 5.75 Å². The van der Waals surface area contributed by atoms with Crippen LogP contribution in [0.3, 0.4) is 0 Å². The molecule has 0 saturated heterocycles. The Bertz CT molecular complexity index is 540. The molecule has 0 aliphatic carbocycles. The van der Waals surface area contributed by atoms with E-state index < -0.39 is 0 Å². The topological polar surface area (TPSA) is 21.3 Å². The Morgan fingerprint density at radius 3 is 2.72 bits per heavy atom. The van der Waals surface area contributed by atoms with Crippen LogP contribution in [0, 0.1) is 0 Å². The fourth-order valence-electron chi connectivity index (χ4n) is 1.97. The lowest BCUT2D eigenvalue weighted by atomic mass is 9.99. The molecule has 0 fully saturated rings. The van der Waals surface area contributed by atoms with Gasteiger partial charge in [-0.2, -0.15) is 0 Å². The molecule has 0 aliphatic heterocycles. The largest absolute Gasteiger partial charge is 0.497 e. The zero-order valence-corrected chi connectivity index (χ0v) is 11.3. The zero-order valence-electron chi connectivity index (χ0n) is 10.5. The molecule has 0 bridgehead atoms. The van der Waals surface area contributed by atoms with Gasteiger partial charge in [0, 0.05) is 11.6 Å². The van der Waals surface area contributed by atoms with Crippen LogP contribution in [0.15, 0.2) is 42.5 Å². The van der Waals surface area contributed by atoms with Crippen LogP contribution in [0.25, 0.3) is 11.1 Å². The highest BCUT2D eigenvalue weighted by molar-refractivity contribution is 6.30. The summed E-state index contributed by atoms with van der Waals surface area (Å²) >= 11 is 6.05. The molecule has 0 amide bonds. The lowest BCUT2D eigenvalue weighted by Crippen LogP contribution is -2.06. The Kier molecular flexibility index (Phi) is 4.24. The number of hydrogen-bond donors (Lipinski definition) is 1.